The monoisotopic (exact) mass is 199 g/mol. The van der Waals surface area contributed by atoms with Crippen molar-refractivity contribution in [3.05, 3.63) is 0 Å². The summed E-state index contributed by atoms with van der Waals surface area (Å²) >= 11 is 0. The number of carbonyl (C=O) groups excluding carboxylic acids is 2. The highest BCUT2D eigenvalue weighted by molar-refractivity contribution is 6.34. The van der Waals surface area contributed by atoms with Crippen LogP contribution in [0.5, 0.6) is 0 Å². The highest BCUT2D eigenvalue weighted by Crippen LogP contribution is 2.13. The fraction of sp³-hybridized carbons (Fsp3) is 0.778. The third kappa shape index (κ3) is 2.45. The molecule has 0 aromatic rings. The van der Waals surface area contributed by atoms with Crippen LogP contribution in [0, 0.1) is 0 Å². The smallest absolute Gasteiger partial charge is 0.311 e. The van der Waals surface area contributed by atoms with Crippen molar-refractivity contribution in [1.82, 2.24) is 9.80 Å². The molecule has 0 aliphatic carbocycles. The average Bonchev–Trinajstić information content (AvgIpc) is 2.15. The minimum Gasteiger partial charge on any atom is -0.361 e. The molecule has 0 spiro atoms. The number of likely N-dealkylation sites (N-methyl/N-ethyl adjacent to an activating group) is 2. The van der Waals surface area contributed by atoms with Crippen LogP contribution in [-0.4, -0.2) is 54.8 Å². The Morgan fingerprint density at radius 1 is 1.50 bits per heavy atom. The van der Waals surface area contributed by atoms with E-state index in [1.807, 2.05) is 7.05 Å². The minimum atomic E-state index is -0.874. The third-order valence-electron chi connectivity index (χ3n) is 2.68. The van der Waals surface area contributed by atoms with Crippen molar-refractivity contribution in [1.29, 1.82) is 0 Å². The number of nitrogens with zero attached hydrogens (tertiary/aromatic N) is 2. The quantitative estimate of drug-likeness (QED) is 0.552. The summed E-state index contributed by atoms with van der Waals surface area (Å²) in [6.07, 6.45) is 2.00. The van der Waals surface area contributed by atoms with Crippen molar-refractivity contribution in [2.75, 3.05) is 27.2 Å². The highest BCUT2D eigenvalue weighted by Gasteiger charge is 2.26. The molecule has 1 rings (SSSR count). The number of nitrogens with two attached hydrogens (primary N) is 1. The van der Waals surface area contributed by atoms with E-state index in [0.29, 0.717) is 0 Å². The Hall–Kier alpha value is -1.10. The summed E-state index contributed by atoms with van der Waals surface area (Å²) in [7, 11) is 3.64. The maximum Gasteiger partial charge on any atom is 0.311 e. The molecule has 1 atom stereocenters. The lowest BCUT2D eigenvalue weighted by atomic mass is 10.1. The van der Waals surface area contributed by atoms with Gasteiger partial charge >= 0.3 is 11.8 Å². The lowest BCUT2D eigenvalue weighted by Crippen LogP contribution is -2.50. The Labute approximate surface area is 83.8 Å². The second-order valence-electron chi connectivity index (χ2n) is 3.84. The lowest BCUT2D eigenvalue weighted by molar-refractivity contribution is -0.145. The van der Waals surface area contributed by atoms with E-state index in [0.717, 1.165) is 25.9 Å². The van der Waals surface area contributed by atoms with E-state index in [9.17, 15) is 9.59 Å². The zero-order valence-corrected chi connectivity index (χ0v) is 8.69. The number of carbonyl (C=O) groups is 2. The molecule has 5 nitrogen and oxygen atoms in total. The number of piperidine rings is 1. The van der Waals surface area contributed by atoms with Crippen molar-refractivity contribution in [2.24, 2.45) is 5.73 Å². The van der Waals surface area contributed by atoms with E-state index in [4.69, 9.17) is 5.73 Å². The van der Waals surface area contributed by atoms with Gasteiger partial charge in [0.25, 0.3) is 0 Å². The summed E-state index contributed by atoms with van der Waals surface area (Å²) in [4.78, 5) is 25.6. The Balaban J connectivity index is 2.55. The van der Waals surface area contributed by atoms with Gasteiger partial charge in [-0.1, -0.05) is 0 Å². The first-order valence-electron chi connectivity index (χ1n) is 4.77. The van der Waals surface area contributed by atoms with E-state index in [-0.39, 0.29) is 6.04 Å². The topological polar surface area (TPSA) is 66.6 Å². The molecule has 0 bridgehead atoms. The summed E-state index contributed by atoms with van der Waals surface area (Å²) in [5.74, 6) is -1.47. The summed E-state index contributed by atoms with van der Waals surface area (Å²) in [5, 5.41) is 0. The maximum atomic E-state index is 11.3. The molecule has 0 aromatic heterocycles. The largest absolute Gasteiger partial charge is 0.361 e. The molecular formula is C9H17N3O2. The first-order valence-corrected chi connectivity index (χ1v) is 4.77. The zero-order valence-electron chi connectivity index (χ0n) is 8.69. The number of likely N-dealkylation sites (tertiary alicyclic amines) is 1. The molecule has 2 amide bonds. The van der Waals surface area contributed by atoms with Crippen LogP contribution in [0.15, 0.2) is 0 Å². The number of hydrogen-bond donors (Lipinski definition) is 1. The number of amides is 2. The Morgan fingerprint density at radius 3 is 2.64 bits per heavy atom. The second-order valence-corrected chi connectivity index (χ2v) is 3.84. The molecule has 1 aliphatic heterocycles. The van der Waals surface area contributed by atoms with Crippen molar-refractivity contribution < 1.29 is 9.59 Å². The number of primary amides is 1. The van der Waals surface area contributed by atoms with Crippen LogP contribution < -0.4 is 5.73 Å². The zero-order chi connectivity index (χ0) is 10.7. The molecule has 1 saturated heterocycles. The number of hydrogen-bond acceptors (Lipinski definition) is 3. The van der Waals surface area contributed by atoms with Crippen LogP contribution >= 0.6 is 0 Å². The van der Waals surface area contributed by atoms with Gasteiger partial charge in [-0.05, 0) is 26.4 Å². The minimum absolute atomic E-state index is 0.119. The molecule has 0 aromatic carbocycles. The highest BCUT2D eigenvalue weighted by atomic mass is 16.2. The summed E-state index contributed by atoms with van der Waals surface area (Å²) in [6.45, 7) is 1.87. The predicted molar refractivity (Wildman–Crippen MR) is 52.5 cm³/mol. The molecule has 0 radical (unpaired) electrons. The molecule has 5 heteroatoms. The molecule has 1 aliphatic rings. The van der Waals surface area contributed by atoms with E-state index >= 15 is 0 Å². The van der Waals surface area contributed by atoms with Crippen LogP contribution in [0.25, 0.3) is 0 Å². The lowest BCUT2D eigenvalue weighted by Gasteiger charge is -2.35. The summed E-state index contributed by atoms with van der Waals surface area (Å²) in [6, 6.07) is 0.119. The van der Waals surface area contributed by atoms with Crippen LogP contribution in [-0.2, 0) is 9.59 Å². The van der Waals surface area contributed by atoms with Crippen molar-refractivity contribution in [3.8, 4) is 0 Å². The van der Waals surface area contributed by atoms with Gasteiger partial charge in [0.2, 0.25) is 0 Å². The van der Waals surface area contributed by atoms with Crippen molar-refractivity contribution in [2.45, 2.75) is 18.9 Å². The van der Waals surface area contributed by atoms with Gasteiger partial charge in [0.05, 0.1) is 0 Å². The van der Waals surface area contributed by atoms with Gasteiger partial charge in [-0.25, -0.2) is 0 Å². The SMILES string of the molecule is CN1CCCC(N(C)C(=O)C(N)=O)C1. The Morgan fingerprint density at radius 2 is 2.14 bits per heavy atom. The van der Waals surface area contributed by atoms with E-state index in [1.54, 1.807) is 7.05 Å². The van der Waals surface area contributed by atoms with Crippen molar-refractivity contribution in [3.63, 3.8) is 0 Å². The maximum absolute atomic E-state index is 11.3. The molecule has 14 heavy (non-hydrogen) atoms. The molecule has 0 saturated carbocycles. The average molecular weight is 199 g/mol. The van der Waals surface area contributed by atoms with Crippen LogP contribution in [0.3, 0.4) is 0 Å². The molecule has 2 N–H and O–H groups in total. The molecular weight excluding hydrogens is 182 g/mol. The third-order valence-corrected chi connectivity index (χ3v) is 2.68. The second kappa shape index (κ2) is 4.41. The summed E-state index contributed by atoms with van der Waals surface area (Å²) < 4.78 is 0. The normalized spacial score (nSPS) is 23.1. The van der Waals surface area contributed by atoms with Gasteiger partial charge in [0.15, 0.2) is 0 Å². The summed E-state index contributed by atoms with van der Waals surface area (Å²) in [5.41, 5.74) is 4.93. The van der Waals surface area contributed by atoms with E-state index in [2.05, 4.69) is 4.90 Å². The molecule has 1 fully saturated rings. The first-order chi connectivity index (χ1) is 6.52. The van der Waals surface area contributed by atoms with Crippen molar-refractivity contribution >= 4 is 11.8 Å². The van der Waals surface area contributed by atoms with Crippen LogP contribution in [0.4, 0.5) is 0 Å². The standard InChI is InChI=1S/C9H17N3O2/c1-11-5-3-4-7(6-11)12(2)9(14)8(10)13/h7H,3-6H2,1-2H3,(H2,10,13). The first kappa shape index (κ1) is 11.0. The molecule has 1 unspecified atom stereocenters. The van der Waals surface area contributed by atoms with Gasteiger partial charge in [-0.15, -0.1) is 0 Å². The van der Waals surface area contributed by atoms with Gasteiger partial charge in [0.1, 0.15) is 0 Å². The predicted octanol–water partition coefficient (Wildman–Crippen LogP) is -0.976. The van der Waals surface area contributed by atoms with Crippen LogP contribution in [0.1, 0.15) is 12.8 Å². The van der Waals surface area contributed by atoms with Gasteiger partial charge < -0.3 is 15.5 Å². The van der Waals surface area contributed by atoms with Gasteiger partial charge in [-0.3, -0.25) is 9.59 Å². The molecule has 80 valence electrons. The molecule has 1 heterocycles. The van der Waals surface area contributed by atoms with Gasteiger partial charge in [0, 0.05) is 19.6 Å². The Kier molecular flexibility index (Phi) is 3.46. The fourth-order valence-electron chi connectivity index (χ4n) is 1.79. The fourth-order valence-corrected chi connectivity index (χ4v) is 1.79. The van der Waals surface area contributed by atoms with E-state index < -0.39 is 11.8 Å². The Bertz CT molecular complexity index is 242. The van der Waals surface area contributed by atoms with Gasteiger partial charge in [-0.2, -0.15) is 0 Å². The van der Waals surface area contributed by atoms with E-state index in [1.165, 1.54) is 4.90 Å². The number of rotatable bonds is 1. The van der Waals surface area contributed by atoms with Crippen LogP contribution in [0.2, 0.25) is 0 Å².